The minimum Gasteiger partial charge on any atom is -0.395 e. The van der Waals surface area contributed by atoms with E-state index in [-0.39, 0.29) is 19.1 Å². The van der Waals surface area contributed by atoms with Gasteiger partial charge in [-0.1, -0.05) is 0 Å². The van der Waals surface area contributed by atoms with Gasteiger partial charge in [-0.3, -0.25) is 30.0 Å². The van der Waals surface area contributed by atoms with Crippen LogP contribution in [-0.2, 0) is 0 Å². The van der Waals surface area contributed by atoms with E-state index in [0.29, 0.717) is 5.56 Å². The van der Waals surface area contributed by atoms with Gasteiger partial charge in [-0.25, -0.2) is 0 Å². The second-order valence-electron chi connectivity index (χ2n) is 5.43. The number of aliphatic hydroxyl groups is 1. The van der Waals surface area contributed by atoms with Gasteiger partial charge in [-0.2, -0.15) is 5.10 Å². The molecular formula is C18H19N7O2. The number of aromatic nitrogens is 5. The Morgan fingerprint density at radius 1 is 1.11 bits per heavy atom. The van der Waals surface area contributed by atoms with E-state index in [4.69, 9.17) is 5.11 Å². The third-order valence-electron chi connectivity index (χ3n) is 3.58. The summed E-state index contributed by atoms with van der Waals surface area (Å²) in [5, 5.41) is 18.2. The maximum absolute atomic E-state index is 11.9. The van der Waals surface area contributed by atoms with Gasteiger partial charge in [0.1, 0.15) is 0 Å². The number of anilines is 1. The first-order chi connectivity index (χ1) is 13.3. The van der Waals surface area contributed by atoms with Gasteiger partial charge in [0.25, 0.3) is 5.91 Å². The van der Waals surface area contributed by atoms with Gasteiger partial charge in [0.2, 0.25) is 0 Å². The number of amides is 1. The largest absolute Gasteiger partial charge is 0.395 e. The molecule has 0 aliphatic rings. The Morgan fingerprint density at radius 3 is 2.67 bits per heavy atom. The lowest BCUT2D eigenvalue weighted by Gasteiger charge is -2.13. The lowest BCUT2D eigenvalue weighted by Crippen LogP contribution is -2.26. The van der Waals surface area contributed by atoms with E-state index in [1.54, 1.807) is 72.3 Å². The van der Waals surface area contributed by atoms with E-state index in [2.05, 4.69) is 30.9 Å². The molecule has 138 valence electrons. The number of carbonyl (C=O) groups is 1. The molecule has 9 heteroatoms. The van der Waals surface area contributed by atoms with Gasteiger partial charge in [-0.05, 0) is 24.3 Å². The Labute approximate surface area is 155 Å². The zero-order valence-electron chi connectivity index (χ0n) is 14.4. The van der Waals surface area contributed by atoms with E-state index in [0.717, 1.165) is 16.9 Å². The van der Waals surface area contributed by atoms with Gasteiger partial charge < -0.3 is 10.4 Å². The number of benzene rings is 1. The molecule has 2 aromatic heterocycles. The second kappa shape index (κ2) is 9.11. The van der Waals surface area contributed by atoms with Gasteiger partial charge in [0, 0.05) is 48.7 Å². The number of hydrogen-bond acceptors (Lipinski definition) is 6. The fourth-order valence-corrected chi connectivity index (χ4v) is 2.30. The van der Waals surface area contributed by atoms with Crippen molar-refractivity contribution in [2.45, 2.75) is 0 Å². The maximum Gasteiger partial charge on any atom is 0.251 e. The Balaban J connectivity index is 1.89. The molecule has 0 fully saturated rings. The van der Waals surface area contributed by atoms with E-state index in [1.807, 2.05) is 0 Å². The minimum absolute atomic E-state index is 0.0965. The highest BCUT2D eigenvalue weighted by Crippen LogP contribution is 2.17. The molecule has 0 saturated heterocycles. The van der Waals surface area contributed by atoms with Gasteiger partial charge in [-0.15, -0.1) is 0 Å². The molecule has 0 spiro atoms. The fraction of sp³-hybridized carbons (Fsp3) is 0.111. The van der Waals surface area contributed by atoms with Crippen LogP contribution >= 0.6 is 0 Å². The van der Waals surface area contributed by atoms with Crippen molar-refractivity contribution in [1.82, 2.24) is 30.2 Å². The molecule has 1 aromatic carbocycles. The molecule has 0 bridgehead atoms. The first-order valence-corrected chi connectivity index (χ1v) is 8.24. The number of rotatable bonds is 6. The summed E-state index contributed by atoms with van der Waals surface area (Å²) in [6, 6.07) is 6.97. The number of aromatic amines is 1. The number of H-pyrrole nitrogens is 1. The van der Waals surface area contributed by atoms with Gasteiger partial charge >= 0.3 is 0 Å². The normalized spacial score (nSPS) is 10.1. The summed E-state index contributed by atoms with van der Waals surface area (Å²) in [5.74, 6) is -0.235. The van der Waals surface area contributed by atoms with Crippen molar-refractivity contribution >= 4 is 11.6 Å². The SMILES string of the molecule is O=C(NCCO)c1ccc(Nn2ccnccncc2-c2cn[nH]c2)cc1. The Hall–Kier alpha value is -3.72. The van der Waals surface area contributed by atoms with Crippen LogP contribution in [0.15, 0.2) is 67.6 Å². The summed E-state index contributed by atoms with van der Waals surface area (Å²) in [5.41, 5.74) is 6.11. The van der Waals surface area contributed by atoms with Crippen LogP contribution in [0.5, 0.6) is 0 Å². The number of nitrogens with one attached hydrogen (secondary N) is 3. The van der Waals surface area contributed by atoms with Crippen molar-refractivity contribution < 1.29 is 9.90 Å². The second-order valence-corrected chi connectivity index (χ2v) is 5.43. The van der Waals surface area contributed by atoms with Crippen LogP contribution < -0.4 is 10.7 Å². The molecule has 4 N–H and O–H groups in total. The number of aliphatic hydroxyl groups excluding tert-OH is 1. The lowest BCUT2D eigenvalue weighted by molar-refractivity contribution is 0.0945. The monoisotopic (exact) mass is 365 g/mol. The van der Waals surface area contributed by atoms with E-state index in [9.17, 15) is 4.79 Å². The number of nitrogens with zero attached hydrogens (tertiary/aromatic N) is 4. The van der Waals surface area contributed by atoms with Gasteiger partial charge in [0.15, 0.2) is 0 Å². The summed E-state index contributed by atoms with van der Waals surface area (Å²) in [6.07, 6.45) is 11.7. The molecule has 9 nitrogen and oxygen atoms in total. The third kappa shape index (κ3) is 4.89. The van der Waals surface area contributed by atoms with Crippen LogP contribution in [-0.4, -0.2) is 49.0 Å². The summed E-state index contributed by atoms with van der Waals surface area (Å²) in [4.78, 5) is 20.2. The summed E-state index contributed by atoms with van der Waals surface area (Å²) >= 11 is 0. The zero-order chi connectivity index (χ0) is 18.9. The highest BCUT2D eigenvalue weighted by Gasteiger charge is 2.06. The fourth-order valence-electron chi connectivity index (χ4n) is 2.30. The molecule has 0 aliphatic heterocycles. The highest BCUT2D eigenvalue weighted by molar-refractivity contribution is 5.94. The molecule has 0 radical (unpaired) electrons. The molecule has 3 aromatic rings. The lowest BCUT2D eigenvalue weighted by atomic mass is 10.2. The predicted molar refractivity (Wildman–Crippen MR) is 100 cm³/mol. The average molecular weight is 365 g/mol. The van der Waals surface area contributed by atoms with Crippen molar-refractivity contribution in [2.75, 3.05) is 18.6 Å². The van der Waals surface area contributed by atoms with Crippen molar-refractivity contribution in [3.63, 3.8) is 0 Å². The molecule has 0 atom stereocenters. The Bertz CT molecular complexity index is 919. The minimum atomic E-state index is -0.235. The van der Waals surface area contributed by atoms with Crippen LogP contribution in [0.4, 0.5) is 5.69 Å². The van der Waals surface area contributed by atoms with E-state index in [1.165, 1.54) is 0 Å². The molecular weight excluding hydrogens is 346 g/mol. The maximum atomic E-state index is 11.9. The Morgan fingerprint density at radius 2 is 1.93 bits per heavy atom. The highest BCUT2D eigenvalue weighted by atomic mass is 16.3. The summed E-state index contributed by atoms with van der Waals surface area (Å²) < 4.78 is 1.76. The molecule has 3 rings (SSSR count). The molecule has 0 unspecified atom stereocenters. The van der Waals surface area contributed by atoms with Gasteiger partial charge in [0.05, 0.1) is 30.4 Å². The molecule has 27 heavy (non-hydrogen) atoms. The molecule has 0 aliphatic carbocycles. The van der Waals surface area contributed by atoms with Crippen molar-refractivity contribution in [1.29, 1.82) is 0 Å². The average Bonchev–Trinajstić information content (AvgIpc) is 3.24. The standard InChI is InChI=1S/C18H19N7O2/c26-10-8-21-18(27)14-1-3-16(4-2-14)24-25-9-7-19-5-6-20-13-17(25)15-11-22-23-12-15/h1-7,9,11-13,24,26H,8,10H2,(H,21,27)(H,22,23). The van der Waals surface area contributed by atoms with Crippen LogP contribution in [0.2, 0.25) is 0 Å². The summed E-state index contributed by atoms with van der Waals surface area (Å²) in [6.45, 7) is 0.123. The van der Waals surface area contributed by atoms with Crippen molar-refractivity contribution in [3.8, 4) is 11.3 Å². The van der Waals surface area contributed by atoms with Crippen LogP contribution in [0.3, 0.4) is 0 Å². The quantitative estimate of drug-likeness (QED) is 0.524. The van der Waals surface area contributed by atoms with Crippen molar-refractivity contribution in [3.05, 3.63) is 73.2 Å². The van der Waals surface area contributed by atoms with Crippen LogP contribution in [0.25, 0.3) is 11.3 Å². The molecule has 1 amide bonds. The van der Waals surface area contributed by atoms with E-state index < -0.39 is 0 Å². The molecule has 0 saturated carbocycles. The predicted octanol–water partition coefficient (Wildman–Crippen LogP) is 1.39. The smallest absolute Gasteiger partial charge is 0.251 e. The van der Waals surface area contributed by atoms with Crippen LogP contribution in [0.1, 0.15) is 10.4 Å². The Kier molecular flexibility index (Phi) is 6.10. The van der Waals surface area contributed by atoms with E-state index >= 15 is 0 Å². The topological polar surface area (TPSA) is 121 Å². The van der Waals surface area contributed by atoms with Crippen molar-refractivity contribution in [2.24, 2.45) is 0 Å². The number of carbonyl (C=O) groups excluding carboxylic acids is 1. The van der Waals surface area contributed by atoms with Crippen LogP contribution in [0, 0.1) is 0 Å². The number of hydrogen-bond donors (Lipinski definition) is 4. The first-order valence-electron chi connectivity index (χ1n) is 8.24. The first kappa shape index (κ1) is 18.1. The molecule has 2 heterocycles. The zero-order valence-corrected chi connectivity index (χ0v) is 14.4. The summed E-state index contributed by atoms with van der Waals surface area (Å²) in [7, 11) is 0. The third-order valence-corrected chi connectivity index (χ3v) is 3.58.